The Morgan fingerprint density at radius 3 is 2.65 bits per heavy atom. The summed E-state index contributed by atoms with van der Waals surface area (Å²) in [6.45, 7) is 7.74. The summed E-state index contributed by atoms with van der Waals surface area (Å²) in [5, 5.41) is 3.59. The lowest BCUT2D eigenvalue weighted by Gasteiger charge is -2.23. The number of methoxy groups -OCH3 is 1. The Kier molecular flexibility index (Phi) is 4.74. The van der Waals surface area contributed by atoms with Gasteiger partial charge in [0.1, 0.15) is 5.75 Å². The summed E-state index contributed by atoms with van der Waals surface area (Å²) in [6, 6.07) is 6.47. The van der Waals surface area contributed by atoms with E-state index in [0.29, 0.717) is 0 Å². The highest BCUT2D eigenvalue weighted by molar-refractivity contribution is 5.59. The van der Waals surface area contributed by atoms with Crippen molar-refractivity contribution in [1.29, 1.82) is 0 Å². The molecule has 0 saturated carbocycles. The molecule has 0 amide bonds. The summed E-state index contributed by atoms with van der Waals surface area (Å²) in [6.07, 6.45) is 8.28. The van der Waals surface area contributed by atoms with Gasteiger partial charge in [-0.25, -0.2) is 0 Å². The quantitative estimate of drug-likeness (QED) is 0.798. The summed E-state index contributed by atoms with van der Waals surface area (Å²) in [4.78, 5) is 0. The number of benzene rings is 1. The molecule has 1 unspecified atom stereocenters. The molecular formula is C18H27NO. The molecule has 2 nitrogen and oxygen atoms in total. The molecule has 0 spiro atoms. The van der Waals surface area contributed by atoms with Crippen LogP contribution < -0.4 is 10.1 Å². The largest absolute Gasteiger partial charge is 0.495 e. The highest BCUT2D eigenvalue weighted by Gasteiger charge is 2.16. The Morgan fingerprint density at radius 2 is 2.05 bits per heavy atom. The van der Waals surface area contributed by atoms with E-state index >= 15 is 0 Å². The van der Waals surface area contributed by atoms with E-state index in [4.69, 9.17) is 4.74 Å². The van der Waals surface area contributed by atoms with Crippen molar-refractivity contribution in [3.8, 4) is 5.75 Å². The third-order valence-electron chi connectivity index (χ3n) is 4.02. The maximum absolute atomic E-state index is 5.48. The molecule has 0 bridgehead atoms. The summed E-state index contributed by atoms with van der Waals surface area (Å²) in [7, 11) is 1.74. The molecule has 1 aromatic carbocycles. The van der Waals surface area contributed by atoms with Gasteiger partial charge in [-0.2, -0.15) is 0 Å². The summed E-state index contributed by atoms with van der Waals surface area (Å²) < 4.78 is 5.48. The Labute approximate surface area is 123 Å². The molecule has 110 valence electrons. The first kappa shape index (κ1) is 15.0. The maximum Gasteiger partial charge on any atom is 0.141 e. The van der Waals surface area contributed by atoms with Crippen LogP contribution in [0.3, 0.4) is 0 Å². The van der Waals surface area contributed by atoms with Gasteiger partial charge in [-0.15, -0.1) is 0 Å². The molecule has 2 rings (SSSR count). The van der Waals surface area contributed by atoms with E-state index in [0.717, 1.165) is 23.9 Å². The molecule has 0 saturated heterocycles. The molecule has 1 aromatic rings. The van der Waals surface area contributed by atoms with Crippen molar-refractivity contribution in [2.24, 2.45) is 5.92 Å². The Morgan fingerprint density at radius 1 is 1.25 bits per heavy atom. The van der Waals surface area contributed by atoms with Crippen LogP contribution in [0.2, 0.25) is 0 Å². The first-order chi connectivity index (χ1) is 9.50. The van der Waals surface area contributed by atoms with Crippen LogP contribution in [0, 0.1) is 5.92 Å². The highest BCUT2D eigenvalue weighted by atomic mass is 16.5. The van der Waals surface area contributed by atoms with Gasteiger partial charge in [0.2, 0.25) is 0 Å². The topological polar surface area (TPSA) is 21.3 Å². The second-order valence-electron chi connectivity index (χ2n) is 6.70. The average Bonchev–Trinajstić information content (AvgIpc) is 2.45. The minimum Gasteiger partial charge on any atom is -0.495 e. The van der Waals surface area contributed by atoms with E-state index in [1.807, 2.05) is 0 Å². The number of nitrogens with one attached hydrogen (secondary N) is 1. The van der Waals surface area contributed by atoms with Crippen molar-refractivity contribution < 1.29 is 4.74 Å². The zero-order valence-corrected chi connectivity index (χ0v) is 13.2. The van der Waals surface area contributed by atoms with Gasteiger partial charge in [-0.3, -0.25) is 0 Å². The lowest BCUT2D eigenvalue weighted by molar-refractivity contribution is 0.415. The predicted molar refractivity (Wildman–Crippen MR) is 86.7 cm³/mol. The standard InChI is InChI=1S/C18H27NO/c1-18(2,3)15-10-11-17(20-4)16(12-15)19-13-14-8-6-5-7-9-14/h5-6,10-12,14,19H,7-9,13H2,1-4H3. The van der Waals surface area contributed by atoms with Gasteiger partial charge in [0, 0.05) is 6.54 Å². The maximum atomic E-state index is 5.48. The van der Waals surface area contributed by atoms with Crippen molar-refractivity contribution in [2.75, 3.05) is 19.0 Å². The molecule has 1 atom stereocenters. The molecule has 1 N–H and O–H groups in total. The number of ether oxygens (including phenoxy) is 1. The van der Waals surface area contributed by atoms with Gasteiger partial charge in [0.25, 0.3) is 0 Å². The highest BCUT2D eigenvalue weighted by Crippen LogP contribution is 2.32. The van der Waals surface area contributed by atoms with E-state index in [1.54, 1.807) is 7.11 Å². The molecular weight excluding hydrogens is 246 g/mol. The van der Waals surface area contributed by atoms with Gasteiger partial charge in [0.05, 0.1) is 12.8 Å². The second kappa shape index (κ2) is 6.34. The first-order valence-electron chi connectivity index (χ1n) is 7.58. The van der Waals surface area contributed by atoms with Crippen LogP contribution in [-0.4, -0.2) is 13.7 Å². The van der Waals surface area contributed by atoms with Gasteiger partial charge in [-0.1, -0.05) is 39.0 Å². The van der Waals surface area contributed by atoms with Gasteiger partial charge >= 0.3 is 0 Å². The lowest BCUT2D eigenvalue weighted by atomic mass is 9.86. The molecule has 0 aromatic heterocycles. The molecule has 1 aliphatic rings. The SMILES string of the molecule is COc1ccc(C(C)(C)C)cc1NCC1CC=CCC1. The Bertz CT molecular complexity index is 471. The van der Waals surface area contributed by atoms with E-state index in [2.05, 4.69) is 56.4 Å². The van der Waals surface area contributed by atoms with Crippen molar-refractivity contribution in [3.63, 3.8) is 0 Å². The second-order valence-corrected chi connectivity index (χ2v) is 6.70. The average molecular weight is 273 g/mol. The van der Waals surface area contributed by atoms with E-state index in [1.165, 1.54) is 24.8 Å². The van der Waals surface area contributed by atoms with Gasteiger partial charge in [-0.05, 0) is 48.3 Å². The lowest BCUT2D eigenvalue weighted by Crippen LogP contribution is -2.17. The zero-order valence-electron chi connectivity index (χ0n) is 13.2. The van der Waals surface area contributed by atoms with Crippen LogP contribution in [-0.2, 0) is 5.41 Å². The molecule has 0 radical (unpaired) electrons. The number of hydrogen-bond donors (Lipinski definition) is 1. The van der Waals surface area contributed by atoms with Crippen LogP contribution >= 0.6 is 0 Å². The molecule has 1 aliphatic carbocycles. The van der Waals surface area contributed by atoms with Crippen LogP contribution in [0.25, 0.3) is 0 Å². The third kappa shape index (κ3) is 3.78. The molecule has 0 heterocycles. The molecule has 2 heteroatoms. The van der Waals surface area contributed by atoms with Crippen LogP contribution in [0.4, 0.5) is 5.69 Å². The molecule has 0 aliphatic heterocycles. The monoisotopic (exact) mass is 273 g/mol. The van der Waals surface area contributed by atoms with Crippen molar-refractivity contribution in [1.82, 2.24) is 0 Å². The first-order valence-corrected chi connectivity index (χ1v) is 7.58. The van der Waals surface area contributed by atoms with Crippen molar-refractivity contribution in [2.45, 2.75) is 45.4 Å². The minimum atomic E-state index is 0.163. The van der Waals surface area contributed by atoms with E-state index in [-0.39, 0.29) is 5.41 Å². The fourth-order valence-corrected chi connectivity index (χ4v) is 2.61. The fraction of sp³-hybridized carbons (Fsp3) is 0.556. The van der Waals surface area contributed by atoms with E-state index in [9.17, 15) is 0 Å². The Hall–Kier alpha value is -1.44. The summed E-state index contributed by atoms with van der Waals surface area (Å²) in [5.41, 5.74) is 2.62. The zero-order chi connectivity index (χ0) is 14.6. The smallest absolute Gasteiger partial charge is 0.141 e. The summed E-state index contributed by atoms with van der Waals surface area (Å²) in [5.74, 6) is 1.67. The van der Waals surface area contributed by atoms with Gasteiger partial charge < -0.3 is 10.1 Å². The van der Waals surface area contributed by atoms with Crippen LogP contribution in [0.15, 0.2) is 30.4 Å². The number of allylic oxidation sites excluding steroid dienone is 2. The summed E-state index contributed by atoms with van der Waals surface area (Å²) >= 11 is 0. The number of hydrogen-bond acceptors (Lipinski definition) is 2. The van der Waals surface area contributed by atoms with Crippen molar-refractivity contribution in [3.05, 3.63) is 35.9 Å². The Balaban J connectivity index is 2.10. The van der Waals surface area contributed by atoms with E-state index < -0.39 is 0 Å². The number of rotatable bonds is 4. The minimum absolute atomic E-state index is 0.163. The fourth-order valence-electron chi connectivity index (χ4n) is 2.61. The normalized spacial score (nSPS) is 18.9. The third-order valence-corrected chi connectivity index (χ3v) is 4.02. The van der Waals surface area contributed by atoms with Gasteiger partial charge in [0.15, 0.2) is 0 Å². The molecule has 0 fully saturated rings. The number of anilines is 1. The van der Waals surface area contributed by atoms with Crippen LogP contribution in [0.1, 0.15) is 45.6 Å². The molecule has 20 heavy (non-hydrogen) atoms. The predicted octanol–water partition coefficient (Wildman–Crippen LogP) is 4.76. The van der Waals surface area contributed by atoms with Crippen molar-refractivity contribution >= 4 is 5.69 Å². The van der Waals surface area contributed by atoms with Crippen LogP contribution in [0.5, 0.6) is 5.75 Å².